The van der Waals surface area contributed by atoms with Gasteiger partial charge in [-0.2, -0.15) is 0 Å². The van der Waals surface area contributed by atoms with Crippen molar-refractivity contribution < 1.29 is 36.9 Å². The van der Waals surface area contributed by atoms with Crippen LogP contribution in [0.3, 0.4) is 0 Å². The first-order valence-corrected chi connectivity index (χ1v) is 15.6. The van der Waals surface area contributed by atoms with Gasteiger partial charge in [0.2, 0.25) is 0 Å². The number of benzene rings is 1. The Labute approximate surface area is 255 Å². The summed E-state index contributed by atoms with van der Waals surface area (Å²) in [5.41, 5.74) is 1.91. The number of fused-ring (bicyclic) bond motifs is 1. The van der Waals surface area contributed by atoms with Crippen molar-refractivity contribution in [3.8, 4) is 5.75 Å². The average molecular weight is 620 g/mol. The molecule has 44 heavy (non-hydrogen) atoms. The third kappa shape index (κ3) is 7.27. The quantitative estimate of drug-likeness (QED) is 0.481. The molecule has 1 N–H and O–H groups in total. The van der Waals surface area contributed by atoms with Crippen molar-refractivity contribution in [1.29, 1.82) is 0 Å². The van der Waals surface area contributed by atoms with Gasteiger partial charge in [-0.1, -0.05) is 12.1 Å². The zero-order valence-electron chi connectivity index (χ0n) is 24.9. The molecule has 0 radical (unpaired) electrons. The van der Waals surface area contributed by atoms with E-state index in [2.05, 4.69) is 24.9 Å². The summed E-state index contributed by atoms with van der Waals surface area (Å²) in [6.07, 6.45) is 1.85. The summed E-state index contributed by atoms with van der Waals surface area (Å²) < 4.78 is 59.3. The van der Waals surface area contributed by atoms with Gasteiger partial charge >= 0.3 is 6.36 Å². The van der Waals surface area contributed by atoms with Gasteiger partial charge in [-0.05, 0) is 63.1 Å². The second-order valence-electron chi connectivity index (χ2n) is 12.0. The lowest BCUT2D eigenvalue weighted by molar-refractivity contribution is -0.274. The number of halogens is 3. The number of aromatic nitrogens is 2. The SMILES string of the molecule is Cc1c(NCC2CCCC(c3ccc(OC(F)(F)F)cc3)O2)ncnc1C(=O)N1CCC(N2CCOC3COCCC32)CC1. The molecule has 2 aromatic rings. The molecule has 1 aromatic heterocycles. The van der Waals surface area contributed by atoms with Crippen LogP contribution in [0, 0.1) is 6.92 Å². The molecule has 0 spiro atoms. The van der Waals surface area contributed by atoms with Gasteiger partial charge in [0.05, 0.1) is 31.5 Å². The number of ether oxygens (including phenoxy) is 4. The maximum Gasteiger partial charge on any atom is 0.573 e. The predicted octanol–water partition coefficient (Wildman–Crippen LogP) is 4.50. The molecule has 4 atom stereocenters. The van der Waals surface area contributed by atoms with Crippen LogP contribution in [-0.2, 0) is 14.2 Å². The summed E-state index contributed by atoms with van der Waals surface area (Å²) in [5, 5.41) is 3.34. The Hall–Kier alpha value is -3.00. The van der Waals surface area contributed by atoms with Gasteiger partial charge in [-0.3, -0.25) is 9.69 Å². The maximum absolute atomic E-state index is 13.6. The van der Waals surface area contributed by atoms with Crippen LogP contribution in [0.5, 0.6) is 5.75 Å². The van der Waals surface area contributed by atoms with E-state index in [1.165, 1.54) is 18.5 Å². The third-order valence-electron chi connectivity index (χ3n) is 9.22. The van der Waals surface area contributed by atoms with Crippen molar-refractivity contribution in [3.63, 3.8) is 0 Å². The molecule has 4 aliphatic rings. The number of amides is 1. The van der Waals surface area contributed by atoms with Gasteiger partial charge < -0.3 is 29.2 Å². The number of alkyl halides is 3. The first-order chi connectivity index (χ1) is 21.2. The highest BCUT2D eigenvalue weighted by Crippen LogP contribution is 2.33. The normalized spacial score (nSPS) is 27.0. The Morgan fingerprint density at radius 2 is 1.84 bits per heavy atom. The van der Waals surface area contributed by atoms with E-state index in [1.54, 1.807) is 12.1 Å². The number of nitrogens with zero attached hydrogens (tertiary/aromatic N) is 4. The molecule has 0 bridgehead atoms. The number of rotatable bonds is 7. The van der Waals surface area contributed by atoms with Crippen LogP contribution in [0.15, 0.2) is 30.6 Å². The van der Waals surface area contributed by atoms with Crippen molar-refractivity contribution in [2.75, 3.05) is 51.3 Å². The highest BCUT2D eigenvalue weighted by molar-refractivity contribution is 5.94. The Kier molecular flexibility index (Phi) is 9.55. The van der Waals surface area contributed by atoms with Gasteiger partial charge in [0.15, 0.2) is 0 Å². The largest absolute Gasteiger partial charge is 0.573 e. The van der Waals surface area contributed by atoms with Crippen LogP contribution in [0.25, 0.3) is 0 Å². The second-order valence-corrected chi connectivity index (χ2v) is 12.0. The molecule has 5 heterocycles. The number of nitrogens with one attached hydrogen (secondary N) is 1. The fourth-order valence-electron chi connectivity index (χ4n) is 6.95. The molecular weight excluding hydrogens is 579 g/mol. The number of morpholine rings is 1. The zero-order chi connectivity index (χ0) is 30.7. The summed E-state index contributed by atoms with van der Waals surface area (Å²) >= 11 is 0. The molecule has 4 saturated heterocycles. The second kappa shape index (κ2) is 13.6. The lowest BCUT2D eigenvalue weighted by Crippen LogP contribution is -2.60. The molecule has 240 valence electrons. The van der Waals surface area contributed by atoms with Crippen molar-refractivity contribution in [1.82, 2.24) is 19.8 Å². The van der Waals surface area contributed by atoms with Crippen molar-refractivity contribution in [2.45, 2.75) is 82.2 Å². The summed E-state index contributed by atoms with van der Waals surface area (Å²) in [5.74, 6) is 0.259. The molecule has 13 heteroatoms. The molecule has 4 aliphatic heterocycles. The van der Waals surface area contributed by atoms with Crippen molar-refractivity contribution >= 4 is 11.7 Å². The monoisotopic (exact) mass is 619 g/mol. The van der Waals surface area contributed by atoms with Gasteiger partial charge in [-0.15, -0.1) is 13.2 Å². The Morgan fingerprint density at radius 3 is 2.61 bits per heavy atom. The molecule has 0 aliphatic carbocycles. The molecule has 4 fully saturated rings. The van der Waals surface area contributed by atoms with Gasteiger partial charge in [0, 0.05) is 50.4 Å². The van der Waals surface area contributed by atoms with E-state index in [1.807, 2.05) is 11.8 Å². The molecule has 10 nitrogen and oxygen atoms in total. The molecule has 4 unspecified atom stereocenters. The van der Waals surface area contributed by atoms with E-state index < -0.39 is 6.36 Å². The maximum atomic E-state index is 13.6. The van der Waals surface area contributed by atoms with Crippen LogP contribution < -0.4 is 10.1 Å². The zero-order valence-corrected chi connectivity index (χ0v) is 24.9. The standard InChI is InChI=1S/C31H40F3N5O5/c1-20-28(30(40)38-12-9-22(10-13-38)39-14-16-42-27-18-41-15-11-25(27)39)36-19-37-29(20)35-17-24-3-2-4-26(43-24)21-5-7-23(8-6-21)44-31(32,33)34/h5-8,19,22,24-27H,2-4,9-18H2,1H3,(H,35,36,37). The lowest BCUT2D eigenvalue weighted by Gasteiger charge is -2.49. The number of piperidine rings is 1. The Bertz CT molecular complexity index is 1270. The first kappa shape index (κ1) is 31.0. The van der Waals surface area contributed by atoms with E-state index in [0.717, 1.165) is 63.8 Å². The van der Waals surface area contributed by atoms with Crippen molar-refractivity contribution in [2.24, 2.45) is 0 Å². The molecule has 1 amide bonds. The Balaban J connectivity index is 1.02. The van der Waals surface area contributed by atoms with Crippen LogP contribution in [-0.4, -0.2) is 102 Å². The number of hydrogen-bond acceptors (Lipinski definition) is 9. The van der Waals surface area contributed by atoms with E-state index in [4.69, 9.17) is 14.2 Å². The minimum atomic E-state index is -4.72. The summed E-state index contributed by atoms with van der Waals surface area (Å²) in [6.45, 7) is 6.78. The number of likely N-dealkylation sites (tertiary alicyclic amines) is 1. The van der Waals surface area contributed by atoms with Crippen LogP contribution in [0.2, 0.25) is 0 Å². The number of anilines is 1. The molecular formula is C31H40F3N5O5. The fourth-order valence-corrected chi connectivity index (χ4v) is 6.95. The van der Waals surface area contributed by atoms with Gasteiger partial charge in [0.25, 0.3) is 5.91 Å². The minimum Gasteiger partial charge on any atom is -0.406 e. The number of carbonyl (C=O) groups excluding carboxylic acids is 1. The Morgan fingerprint density at radius 1 is 1.05 bits per heavy atom. The van der Waals surface area contributed by atoms with Gasteiger partial charge in [0.1, 0.15) is 23.6 Å². The lowest BCUT2D eigenvalue weighted by atomic mass is 9.95. The molecule has 1 aromatic carbocycles. The van der Waals surface area contributed by atoms with Crippen LogP contribution in [0.1, 0.15) is 66.2 Å². The van der Waals surface area contributed by atoms with E-state index in [0.29, 0.717) is 55.4 Å². The smallest absolute Gasteiger partial charge is 0.406 e. The fraction of sp³-hybridized carbons (Fsp3) is 0.645. The number of hydrogen-bond donors (Lipinski definition) is 1. The third-order valence-corrected chi connectivity index (χ3v) is 9.22. The predicted molar refractivity (Wildman–Crippen MR) is 154 cm³/mol. The summed E-state index contributed by atoms with van der Waals surface area (Å²) in [4.78, 5) is 26.8. The minimum absolute atomic E-state index is 0.0794. The highest BCUT2D eigenvalue weighted by atomic mass is 19.4. The molecule has 0 saturated carbocycles. The van der Waals surface area contributed by atoms with Crippen molar-refractivity contribution in [3.05, 3.63) is 47.4 Å². The van der Waals surface area contributed by atoms with Gasteiger partial charge in [-0.25, -0.2) is 9.97 Å². The first-order valence-electron chi connectivity index (χ1n) is 15.6. The average Bonchev–Trinajstić information content (AvgIpc) is 3.03. The van der Waals surface area contributed by atoms with E-state index in [9.17, 15) is 18.0 Å². The summed E-state index contributed by atoms with van der Waals surface area (Å²) in [7, 11) is 0. The van der Waals surface area contributed by atoms with E-state index >= 15 is 0 Å². The molecule has 6 rings (SSSR count). The number of carbonyl (C=O) groups is 1. The van der Waals surface area contributed by atoms with Crippen LogP contribution >= 0.6 is 0 Å². The van der Waals surface area contributed by atoms with Crippen LogP contribution in [0.4, 0.5) is 19.0 Å². The highest BCUT2D eigenvalue weighted by Gasteiger charge is 2.40. The van der Waals surface area contributed by atoms with E-state index in [-0.39, 0.29) is 30.0 Å². The summed E-state index contributed by atoms with van der Waals surface area (Å²) in [6, 6.07) is 6.66. The topological polar surface area (TPSA) is 98.3 Å².